The van der Waals surface area contributed by atoms with Crippen molar-refractivity contribution in [3.05, 3.63) is 52.9 Å². The molecule has 1 unspecified atom stereocenters. The van der Waals surface area contributed by atoms with E-state index >= 15 is 0 Å². The predicted molar refractivity (Wildman–Crippen MR) is 124 cm³/mol. The van der Waals surface area contributed by atoms with Gasteiger partial charge in [0, 0.05) is 43.1 Å². The number of pyridine rings is 1. The van der Waals surface area contributed by atoms with Crippen molar-refractivity contribution in [2.45, 2.75) is 68.5 Å². The molecular formula is C24H30N2O6S. The highest BCUT2D eigenvalue weighted by molar-refractivity contribution is 7.90. The molecule has 8 nitrogen and oxygen atoms in total. The van der Waals surface area contributed by atoms with Crippen LogP contribution in [-0.4, -0.2) is 53.0 Å². The van der Waals surface area contributed by atoms with E-state index in [4.69, 9.17) is 4.74 Å². The number of fused-ring (bicyclic) bond motifs is 2. The lowest BCUT2D eigenvalue weighted by atomic mass is 9.75. The van der Waals surface area contributed by atoms with E-state index in [1.54, 1.807) is 29.3 Å². The Morgan fingerprint density at radius 2 is 1.97 bits per heavy atom. The number of hydrogen-bond donors (Lipinski definition) is 1. The predicted octanol–water partition coefficient (Wildman–Crippen LogP) is 3.71. The summed E-state index contributed by atoms with van der Waals surface area (Å²) in [5.74, 6) is 0.671. The van der Waals surface area contributed by atoms with Gasteiger partial charge in [0.15, 0.2) is 9.84 Å². The fourth-order valence-electron chi connectivity index (χ4n) is 5.53. The van der Waals surface area contributed by atoms with Crippen molar-refractivity contribution in [1.82, 2.24) is 9.47 Å². The summed E-state index contributed by atoms with van der Waals surface area (Å²) in [4.78, 5) is 26.6. The zero-order chi connectivity index (χ0) is 24.0. The van der Waals surface area contributed by atoms with E-state index in [0.717, 1.165) is 25.5 Å². The van der Waals surface area contributed by atoms with Crippen molar-refractivity contribution in [1.29, 1.82) is 0 Å². The number of carbonyl (C=O) groups is 1. The number of ether oxygens (including phenoxy) is 1. The minimum atomic E-state index is -3.31. The monoisotopic (exact) mass is 474 g/mol. The highest BCUT2D eigenvalue weighted by Gasteiger charge is 2.56. The third-order valence-corrected chi connectivity index (χ3v) is 8.47. The molecule has 2 fully saturated rings. The number of hydrogen-bond acceptors (Lipinski definition) is 5. The third kappa shape index (κ3) is 4.26. The Morgan fingerprint density at radius 3 is 2.55 bits per heavy atom. The molecule has 4 rings (SSSR count). The molecule has 33 heavy (non-hydrogen) atoms. The number of carboxylic acid groups (broad SMARTS) is 1. The van der Waals surface area contributed by atoms with Gasteiger partial charge in [0.2, 0.25) is 0 Å². The molecule has 1 amide bonds. The molecule has 9 heteroatoms. The second kappa shape index (κ2) is 8.52. The first kappa shape index (κ1) is 23.4. The van der Waals surface area contributed by atoms with Gasteiger partial charge in [0.1, 0.15) is 11.9 Å². The average Bonchev–Trinajstić information content (AvgIpc) is 3.01. The van der Waals surface area contributed by atoms with Gasteiger partial charge in [-0.2, -0.15) is 0 Å². The lowest BCUT2D eigenvalue weighted by Crippen LogP contribution is -2.60. The lowest BCUT2D eigenvalue weighted by Gasteiger charge is -2.49. The lowest BCUT2D eigenvalue weighted by molar-refractivity contribution is -0.0255. The van der Waals surface area contributed by atoms with Crippen molar-refractivity contribution in [3.63, 3.8) is 0 Å². The minimum absolute atomic E-state index is 0.0658. The molecular weight excluding hydrogens is 444 g/mol. The number of nitrogens with zero attached hydrogens (tertiary/aromatic N) is 2. The van der Waals surface area contributed by atoms with Gasteiger partial charge in [0.25, 0.3) is 5.56 Å². The van der Waals surface area contributed by atoms with Gasteiger partial charge in [-0.3, -0.25) is 14.3 Å². The molecule has 2 aliphatic heterocycles. The van der Waals surface area contributed by atoms with E-state index in [-0.39, 0.29) is 28.5 Å². The van der Waals surface area contributed by atoms with Gasteiger partial charge < -0.3 is 9.84 Å². The third-order valence-electron chi connectivity index (χ3n) is 7.34. The average molecular weight is 475 g/mol. The number of amides is 1. The highest BCUT2D eigenvalue weighted by atomic mass is 32.2. The van der Waals surface area contributed by atoms with Gasteiger partial charge in [-0.05, 0) is 49.1 Å². The molecule has 1 N–H and O–H groups in total. The van der Waals surface area contributed by atoms with Crippen molar-refractivity contribution < 1.29 is 23.1 Å². The summed E-state index contributed by atoms with van der Waals surface area (Å²) in [6.45, 7) is 4.19. The van der Waals surface area contributed by atoms with Crippen LogP contribution in [-0.2, 0) is 9.84 Å². The quantitative estimate of drug-likeness (QED) is 0.684. The maximum atomic E-state index is 12.7. The zero-order valence-electron chi connectivity index (χ0n) is 19.1. The van der Waals surface area contributed by atoms with Crippen LogP contribution in [0.3, 0.4) is 0 Å². The number of aromatic nitrogens is 1. The molecule has 2 bridgehead atoms. The standard InChI is InChI=1S/C24H30N2O6S/c1-4-16(2)24-11-9-18(26(24)23(28)29)13-20(15-24)32-19-10-12-25(22(27)14-19)17-5-7-21(8-6-17)33(3,30)31/h5-8,10,12,14,16,18,20H,4,9,11,13,15H2,1-3H3,(H,28,29)/t16?,18-,20-,24+/m0/s1. The largest absolute Gasteiger partial charge is 0.490 e. The summed E-state index contributed by atoms with van der Waals surface area (Å²) < 4.78 is 30.9. The Balaban J connectivity index is 1.54. The van der Waals surface area contributed by atoms with Crippen molar-refractivity contribution in [3.8, 4) is 11.4 Å². The molecule has 1 aromatic carbocycles. The van der Waals surface area contributed by atoms with E-state index in [2.05, 4.69) is 13.8 Å². The molecule has 0 radical (unpaired) electrons. The molecule has 2 aliphatic rings. The Bertz CT molecular complexity index is 1210. The van der Waals surface area contributed by atoms with Crippen LogP contribution in [0.5, 0.6) is 5.75 Å². The van der Waals surface area contributed by atoms with Gasteiger partial charge in [-0.25, -0.2) is 13.2 Å². The highest BCUT2D eigenvalue weighted by Crippen LogP contribution is 2.49. The van der Waals surface area contributed by atoms with Crippen LogP contribution in [0, 0.1) is 5.92 Å². The van der Waals surface area contributed by atoms with Gasteiger partial charge >= 0.3 is 6.09 Å². The van der Waals surface area contributed by atoms with Crippen LogP contribution >= 0.6 is 0 Å². The molecule has 2 aromatic rings. The first-order valence-electron chi connectivity index (χ1n) is 11.3. The Kier molecular flexibility index (Phi) is 6.03. The van der Waals surface area contributed by atoms with E-state index in [1.807, 2.05) is 0 Å². The summed E-state index contributed by atoms with van der Waals surface area (Å²) in [6, 6.07) is 9.20. The van der Waals surface area contributed by atoms with E-state index in [9.17, 15) is 23.1 Å². The molecule has 1 aromatic heterocycles. The molecule has 2 saturated heterocycles. The number of rotatable bonds is 6. The second-order valence-corrected chi connectivity index (χ2v) is 11.3. The van der Waals surface area contributed by atoms with Gasteiger partial charge in [-0.1, -0.05) is 20.3 Å². The van der Waals surface area contributed by atoms with Crippen LogP contribution in [0.15, 0.2) is 52.3 Å². The smallest absolute Gasteiger partial charge is 0.408 e. The maximum absolute atomic E-state index is 12.7. The number of sulfone groups is 1. The Morgan fingerprint density at radius 1 is 1.27 bits per heavy atom. The molecule has 3 heterocycles. The molecule has 0 aliphatic carbocycles. The van der Waals surface area contributed by atoms with E-state index < -0.39 is 21.5 Å². The number of benzene rings is 1. The van der Waals surface area contributed by atoms with Crippen LogP contribution < -0.4 is 10.3 Å². The van der Waals surface area contributed by atoms with Crippen LogP contribution in [0.2, 0.25) is 0 Å². The van der Waals surface area contributed by atoms with Crippen LogP contribution in [0.1, 0.15) is 46.0 Å². The maximum Gasteiger partial charge on any atom is 0.408 e. The second-order valence-electron chi connectivity index (χ2n) is 9.27. The summed E-state index contributed by atoms with van der Waals surface area (Å²) >= 11 is 0. The van der Waals surface area contributed by atoms with Crippen molar-refractivity contribution in [2.24, 2.45) is 5.92 Å². The topological polar surface area (TPSA) is 106 Å². The molecule has 4 atom stereocenters. The first-order chi connectivity index (χ1) is 15.5. The van der Waals surface area contributed by atoms with Gasteiger partial charge in [-0.15, -0.1) is 0 Å². The zero-order valence-corrected chi connectivity index (χ0v) is 19.9. The molecule has 178 valence electrons. The first-order valence-corrected chi connectivity index (χ1v) is 13.2. The molecule has 0 saturated carbocycles. The van der Waals surface area contributed by atoms with Crippen molar-refractivity contribution >= 4 is 15.9 Å². The summed E-state index contributed by atoms with van der Waals surface area (Å²) in [7, 11) is -3.31. The normalized spacial score (nSPS) is 25.6. The summed E-state index contributed by atoms with van der Waals surface area (Å²) in [5, 5.41) is 9.85. The molecule has 0 spiro atoms. The minimum Gasteiger partial charge on any atom is -0.490 e. The van der Waals surface area contributed by atoms with E-state index in [0.29, 0.717) is 24.3 Å². The Hall–Kier alpha value is -2.81. The van der Waals surface area contributed by atoms with Gasteiger partial charge in [0.05, 0.1) is 10.4 Å². The number of piperidine rings is 1. The van der Waals surface area contributed by atoms with Crippen LogP contribution in [0.25, 0.3) is 5.69 Å². The Labute approximate surface area is 193 Å². The summed E-state index contributed by atoms with van der Waals surface area (Å²) in [6.07, 6.45) is 5.51. The fourth-order valence-corrected chi connectivity index (χ4v) is 6.16. The summed E-state index contributed by atoms with van der Waals surface area (Å²) in [5.41, 5.74) is -0.158. The van der Waals surface area contributed by atoms with Crippen LogP contribution in [0.4, 0.5) is 4.79 Å². The van der Waals surface area contributed by atoms with E-state index in [1.165, 1.54) is 22.8 Å². The van der Waals surface area contributed by atoms with Crippen molar-refractivity contribution in [2.75, 3.05) is 6.26 Å². The fraction of sp³-hybridized carbons (Fsp3) is 0.500. The SMILES string of the molecule is CCC(C)[C@@]12CC[C@@H](C[C@H](Oc3ccn(-c4ccc(S(C)(=O)=O)cc4)c(=O)c3)C1)N2C(=O)O.